The Kier molecular flexibility index (Phi) is 4.81. The van der Waals surface area contributed by atoms with Crippen LogP contribution in [0.3, 0.4) is 0 Å². The quantitative estimate of drug-likeness (QED) is 0.862. The van der Waals surface area contributed by atoms with E-state index in [1.54, 1.807) is 0 Å². The van der Waals surface area contributed by atoms with Crippen LogP contribution >= 0.6 is 0 Å². The van der Waals surface area contributed by atoms with Gasteiger partial charge in [0.05, 0.1) is 18.5 Å². The molecule has 2 N–H and O–H groups in total. The first kappa shape index (κ1) is 15.4. The topological polar surface area (TPSA) is 85.1 Å². The predicted octanol–water partition coefficient (Wildman–Crippen LogP) is 1.18. The summed E-state index contributed by atoms with van der Waals surface area (Å²) in [5.41, 5.74) is 3.03. The summed E-state index contributed by atoms with van der Waals surface area (Å²) >= 11 is 0. The molecule has 3 rings (SSSR count). The van der Waals surface area contributed by atoms with Crippen molar-refractivity contribution in [2.24, 2.45) is 0 Å². The van der Waals surface area contributed by atoms with Gasteiger partial charge >= 0.3 is 0 Å². The molecule has 0 saturated carbocycles. The highest BCUT2D eigenvalue weighted by atomic mass is 16.3. The number of nitriles is 1. The van der Waals surface area contributed by atoms with E-state index in [4.69, 9.17) is 5.26 Å². The third kappa shape index (κ3) is 4.03. The highest BCUT2D eigenvalue weighted by molar-refractivity contribution is 5.33. The molecule has 2 heterocycles. The molecule has 1 aliphatic heterocycles. The van der Waals surface area contributed by atoms with Crippen molar-refractivity contribution in [2.75, 3.05) is 25.0 Å². The Labute approximate surface area is 135 Å². The van der Waals surface area contributed by atoms with Crippen molar-refractivity contribution >= 4 is 5.82 Å². The van der Waals surface area contributed by atoms with Crippen molar-refractivity contribution in [1.29, 1.82) is 5.26 Å². The van der Waals surface area contributed by atoms with E-state index in [0.29, 0.717) is 18.9 Å². The number of β-amino-alcohol motifs (C(OH)–C–C–N with tert-alkyl or cyclic N) is 1. The van der Waals surface area contributed by atoms with Gasteiger partial charge in [0.25, 0.3) is 0 Å². The molecule has 0 bridgehead atoms. The molecule has 0 fully saturated rings. The van der Waals surface area contributed by atoms with Crippen LogP contribution in [0.5, 0.6) is 0 Å². The Morgan fingerprint density at radius 2 is 2.09 bits per heavy atom. The lowest BCUT2D eigenvalue weighted by Gasteiger charge is -2.30. The van der Waals surface area contributed by atoms with Gasteiger partial charge in [-0.05, 0) is 17.5 Å². The number of aromatic nitrogens is 2. The second-order valence-corrected chi connectivity index (χ2v) is 5.69. The van der Waals surface area contributed by atoms with Crippen LogP contribution in [0.1, 0.15) is 16.8 Å². The summed E-state index contributed by atoms with van der Waals surface area (Å²) in [7, 11) is 0. The van der Waals surface area contributed by atoms with Gasteiger partial charge in [-0.25, -0.2) is 9.97 Å². The zero-order chi connectivity index (χ0) is 16.1. The Morgan fingerprint density at radius 3 is 2.83 bits per heavy atom. The van der Waals surface area contributed by atoms with Gasteiger partial charge in [-0.2, -0.15) is 5.26 Å². The second-order valence-electron chi connectivity index (χ2n) is 5.69. The van der Waals surface area contributed by atoms with Crippen LogP contribution in [0.25, 0.3) is 0 Å². The molecular formula is C17H19N5O. The van der Waals surface area contributed by atoms with Gasteiger partial charge in [-0.1, -0.05) is 24.3 Å². The highest BCUT2D eigenvalue weighted by Gasteiger charge is 2.18. The van der Waals surface area contributed by atoms with Crippen LogP contribution in [0.2, 0.25) is 0 Å². The van der Waals surface area contributed by atoms with Gasteiger partial charge in [0, 0.05) is 26.2 Å². The number of anilines is 1. The standard InChI is InChI=1S/C17H19N5O/c18-7-15-8-20-17(10-19-15)21-9-16(23)12-22-6-5-13-3-1-2-4-14(13)11-22/h1-4,8,10,16,23H,5-6,9,11-12H2,(H,20,21). The minimum absolute atomic E-state index is 0.281. The molecule has 1 unspecified atom stereocenters. The molecule has 1 atom stereocenters. The fraction of sp³-hybridized carbons (Fsp3) is 0.353. The summed E-state index contributed by atoms with van der Waals surface area (Å²) in [4.78, 5) is 10.3. The number of aliphatic hydroxyl groups excluding tert-OH is 1. The van der Waals surface area contributed by atoms with E-state index >= 15 is 0 Å². The molecule has 2 aromatic rings. The van der Waals surface area contributed by atoms with Gasteiger partial charge in [0.2, 0.25) is 0 Å². The molecule has 118 valence electrons. The lowest BCUT2D eigenvalue weighted by atomic mass is 10.00. The molecule has 1 aliphatic rings. The molecule has 0 amide bonds. The van der Waals surface area contributed by atoms with E-state index in [2.05, 4.69) is 44.5 Å². The molecule has 0 radical (unpaired) electrons. The summed E-state index contributed by atoms with van der Waals surface area (Å²) in [6.45, 7) is 2.86. The van der Waals surface area contributed by atoms with Crippen molar-refractivity contribution < 1.29 is 5.11 Å². The minimum atomic E-state index is -0.488. The van der Waals surface area contributed by atoms with Gasteiger partial charge < -0.3 is 10.4 Å². The monoisotopic (exact) mass is 309 g/mol. The first-order chi connectivity index (χ1) is 11.2. The maximum atomic E-state index is 10.2. The van der Waals surface area contributed by atoms with Crippen LogP contribution in [-0.4, -0.2) is 45.7 Å². The van der Waals surface area contributed by atoms with E-state index in [-0.39, 0.29) is 5.69 Å². The molecule has 6 heteroatoms. The number of aliphatic hydroxyl groups is 1. The van der Waals surface area contributed by atoms with Crippen molar-refractivity contribution in [3.63, 3.8) is 0 Å². The normalized spacial score (nSPS) is 15.5. The molecule has 1 aromatic carbocycles. The summed E-state index contributed by atoms with van der Waals surface area (Å²) < 4.78 is 0. The average molecular weight is 309 g/mol. The summed E-state index contributed by atoms with van der Waals surface area (Å²) in [6, 6.07) is 10.4. The second kappa shape index (κ2) is 7.18. The van der Waals surface area contributed by atoms with Crippen molar-refractivity contribution in [1.82, 2.24) is 14.9 Å². The molecule has 6 nitrogen and oxygen atoms in total. The van der Waals surface area contributed by atoms with E-state index in [1.807, 2.05) is 6.07 Å². The SMILES string of the molecule is N#Cc1cnc(NCC(O)CN2CCc3ccccc3C2)cn1. The van der Waals surface area contributed by atoms with Crippen LogP contribution in [0.15, 0.2) is 36.7 Å². The number of hydrogen-bond donors (Lipinski definition) is 2. The van der Waals surface area contributed by atoms with Gasteiger partial charge in [-0.15, -0.1) is 0 Å². The molecule has 1 aromatic heterocycles. The van der Waals surface area contributed by atoms with E-state index < -0.39 is 6.10 Å². The van der Waals surface area contributed by atoms with Crippen molar-refractivity contribution in [3.05, 3.63) is 53.5 Å². The van der Waals surface area contributed by atoms with E-state index in [1.165, 1.54) is 23.5 Å². The third-order valence-electron chi connectivity index (χ3n) is 3.96. The molecule has 0 saturated heterocycles. The van der Waals surface area contributed by atoms with Crippen molar-refractivity contribution in [2.45, 2.75) is 19.1 Å². The summed E-state index contributed by atoms with van der Waals surface area (Å²) in [5.74, 6) is 0.562. The lowest BCUT2D eigenvalue weighted by molar-refractivity contribution is 0.114. The predicted molar refractivity (Wildman–Crippen MR) is 86.7 cm³/mol. The first-order valence-electron chi connectivity index (χ1n) is 7.68. The Balaban J connectivity index is 1.48. The maximum absolute atomic E-state index is 10.2. The molecule has 0 aliphatic carbocycles. The fourth-order valence-electron chi connectivity index (χ4n) is 2.77. The van der Waals surface area contributed by atoms with E-state index in [0.717, 1.165) is 19.5 Å². The van der Waals surface area contributed by atoms with Crippen LogP contribution in [0.4, 0.5) is 5.82 Å². The van der Waals surface area contributed by atoms with Gasteiger partial charge in [-0.3, -0.25) is 4.90 Å². The lowest BCUT2D eigenvalue weighted by Crippen LogP contribution is -2.39. The Bertz CT molecular complexity index is 695. The van der Waals surface area contributed by atoms with Crippen LogP contribution in [0, 0.1) is 11.3 Å². The minimum Gasteiger partial charge on any atom is -0.390 e. The smallest absolute Gasteiger partial charge is 0.158 e. The zero-order valence-electron chi connectivity index (χ0n) is 12.8. The van der Waals surface area contributed by atoms with Crippen LogP contribution < -0.4 is 5.32 Å². The highest BCUT2D eigenvalue weighted by Crippen LogP contribution is 2.18. The largest absolute Gasteiger partial charge is 0.390 e. The number of nitrogens with zero attached hydrogens (tertiary/aromatic N) is 4. The third-order valence-corrected chi connectivity index (χ3v) is 3.96. The number of nitrogens with one attached hydrogen (secondary N) is 1. The number of rotatable bonds is 5. The maximum Gasteiger partial charge on any atom is 0.158 e. The number of hydrogen-bond acceptors (Lipinski definition) is 6. The van der Waals surface area contributed by atoms with Gasteiger partial charge in [0.1, 0.15) is 11.9 Å². The first-order valence-corrected chi connectivity index (χ1v) is 7.68. The zero-order valence-corrected chi connectivity index (χ0v) is 12.8. The average Bonchev–Trinajstić information content (AvgIpc) is 2.60. The Morgan fingerprint density at radius 1 is 1.26 bits per heavy atom. The molecular weight excluding hydrogens is 290 g/mol. The molecule has 23 heavy (non-hydrogen) atoms. The van der Waals surface area contributed by atoms with Gasteiger partial charge in [0.15, 0.2) is 5.69 Å². The number of fused-ring (bicyclic) bond motifs is 1. The summed E-state index contributed by atoms with van der Waals surface area (Å²) in [5, 5.41) is 21.9. The number of benzene rings is 1. The van der Waals surface area contributed by atoms with Crippen LogP contribution in [-0.2, 0) is 13.0 Å². The van der Waals surface area contributed by atoms with Crippen molar-refractivity contribution in [3.8, 4) is 6.07 Å². The van der Waals surface area contributed by atoms with E-state index in [9.17, 15) is 5.11 Å². The fourth-order valence-corrected chi connectivity index (χ4v) is 2.77. The molecule has 0 spiro atoms. The Hall–Kier alpha value is -2.49. The summed E-state index contributed by atoms with van der Waals surface area (Å²) in [6.07, 6.45) is 3.45.